The monoisotopic (exact) mass is 849 g/mol. The van der Waals surface area contributed by atoms with E-state index in [1.807, 2.05) is 93.6 Å². The molecule has 1 fully saturated rings. The van der Waals surface area contributed by atoms with Crippen molar-refractivity contribution in [1.82, 2.24) is 30.3 Å². The zero-order chi connectivity index (χ0) is 45.4. The normalized spacial score (nSPS) is 15.6. The molecule has 0 aliphatic carbocycles. The number of carboxylic acid groups (broad SMARTS) is 1. The van der Waals surface area contributed by atoms with Crippen molar-refractivity contribution in [1.29, 1.82) is 0 Å². The zero-order valence-corrected chi connectivity index (χ0v) is 36.5. The average molecular weight is 850 g/mol. The molecule has 5 atom stereocenters. The lowest BCUT2D eigenvalue weighted by Crippen LogP contribution is -2.59. The minimum absolute atomic E-state index is 0.00892. The second-order valence-corrected chi connectivity index (χ2v) is 18.2. The molecule has 1 aliphatic heterocycles. The van der Waals surface area contributed by atoms with Crippen LogP contribution in [0, 0.1) is 20.9 Å². The number of pyridine rings is 1. The molecule has 4 N–H and O–H groups in total. The molecule has 15 heteroatoms. The van der Waals surface area contributed by atoms with Crippen LogP contribution in [0.4, 0.5) is 15.3 Å². The second kappa shape index (κ2) is 20.0. The number of amides is 5. The Bertz CT molecular complexity index is 2160. The number of urea groups is 1. The lowest BCUT2D eigenvalue weighted by molar-refractivity contribution is -0.384. The van der Waals surface area contributed by atoms with Crippen LogP contribution in [0.1, 0.15) is 64.7 Å². The van der Waals surface area contributed by atoms with Crippen LogP contribution in [-0.2, 0) is 29.0 Å². The number of aliphatic hydroxyl groups is 1. The summed E-state index contributed by atoms with van der Waals surface area (Å²) in [6, 6.07) is 24.8. The number of non-ortho nitro benzene ring substituents is 1. The Hall–Kier alpha value is -6.35. The van der Waals surface area contributed by atoms with Crippen molar-refractivity contribution >= 4 is 29.6 Å². The Morgan fingerprint density at radius 1 is 0.806 bits per heavy atom. The van der Waals surface area contributed by atoms with Gasteiger partial charge in [0.15, 0.2) is 0 Å². The summed E-state index contributed by atoms with van der Waals surface area (Å²) in [6.07, 6.45) is -0.251. The first-order chi connectivity index (χ1) is 29.2. The van der Waals surface area contributed by atoms with E-state index in [2.05, 4.69) is 15.6 Å². The molecule has 62 heavy (non-hydrogen) atoms. The Balaban J connectivity index is 1.42. The fourth-order valence-corrected chi connectivity index (χ4v) is 8.17. The maximum Gasteiger partial charge on any atom is 0.407 e. The summed E-state index contributed by atoms with van der Waals surface area (Å²) >= 11 is 0. The third kappa shape index (κ3) is 12.1. The van der Waals surface area contributed by atoms with Gasteiger partial charge in [-0.3, -0.25) is 29.6 Å². The molecular formula is C47H59N7O8. The highest BCUT2D eigenvalue weighted by Gasteiger charge is 2.45. The molecule has 1 saturated heterocycles. The molecule has 0 radical (unpaired) electrons. The van der Waals surface area contributed by atoms with E-state index >= 15 is 0 Å². The Labute approximate surface area is 363 Å². The van der Waals surface area contributed by atoms with Gasteiger partial charge < -0.3 is 30.6 Å². The number of nitrogens with one attached hydrogen (secondary N) is 2. The van der Waals surface area contributed by atoms with Gasteiger partial charge in [-0.1, -0.05) is 114 Å². The van der Waals surface area contributed by atoms with E-state index in [9.17, 15) is 39.5 Å². The van der Waals surface area contributed by atoms with Gasteiger partial charge in [-0.15, -0.1) is 0 Å². The van der Waals surface area contributed by atoms with Crippen LogP contribution >= 0.6 is 0 Å². The van der Waals surface area contributed by atoms with Crippen molar-refractivity contribution in [2.75, 3.05) is 20.1 Å². The van der Waals surface area contributed by atoms with E-state index < -0.39 is 63.9 Å². The van der Waals surface area contributed by atoms with E-state index in [4.69, 9.17) is 0 Å². The summed E-state index contributed by atoms with van der Waals surface area (Å²) < 4.78 is 0. The molecule has 15 nitrogen and oxygen atoms in total. The molecule has 1 aliphatic rings. The van der Waals surface area contributed by atoms with Crippen molar-refractivity contribution in [3.8, 4) is 11.3 Å². The lowest BCUT2D eigenvalue weighted by Gasteiger charge is -2.38. The quantitative estimate of drug-likeness (QED) is 0.0673. The second-order valence-electron chi connectivity index (χ2n) is 18.2. The maximum atomic E-state index is 14.6. The first-order valence-electron chi connectivity index (χ1n) is 20.8. The smallest absolute Gasteiger partial charge is 0.407 e. The predicted octanol–water partition coefficient (Wildman–Crippen LogP) is 6.54. The zero-order valence-electron chi connectivity index (χ0n) is 36.5. The van der Waals surface area contributed by atoms with Crippen molar-refractivity contribution in [2.24, 2.45) is 10.8 Å². The molecule has 4 aromatic rings. The average Bonchev–Trinajstić information content (AvgIpc) is 3.55. The molecule has 0 spiro atoms. The van der Waals surface area contributed by atoms with Crippen LogP contribution in [0.2, 0.25) is 0 Å². The van der Waals surface area contributed by atoms with Crippen LogP contribution in [0.15, 0.2) is 103 Å². The topological polar surface area (TPSA) is 199 Å². The third-order valence-electron chi connectivity index (χ3n) is 11.1. The highest BCUT2D eigenvalue weighted by Crippen LogP contribution is 2.30. The number of nitrogens with zero attached hydrogens (tertiary/aromatic N) is 5. The Kier molecular flexibility index (Phi) is 15.1. The Morgan fingerprint density at radius 2 is 1.42 bits per heavy atom. The van der Waals surface area contributed by atoms with Crippen LogP contribution in [0.5, 0.6) is 0 Å². The van der Waals surface area contributed by atoms with Gasteiger partial charge in [-0.05, 0) is 58.9 Å². The van der Waals surface area contributed by atoms with E-state index in [-0.39, 0.29) is 44.1 Å². The minimum Gasteiger partial charge on any atom is -0.465 e. The molecule has 0 bridgehead atoms. The minimum atomic E-state index is -1.26. The van der Waals surface area contributed by atoms with Gasteiger partial charge in [-0.2, -0.15) is 0 Å². The molecule has 0 unspecified atom stereocenters. The molecule has 5 rings (SSSR count). The number of benzene rings is 3. The number of carbonyl (C=O) groups excluding carboxylic acids is 3. The summed E-state index contributed by atoms with van der Waals surface area (Å²) in [5.74, 6) is -0.975. The predicted molar refractivity (Wildman–Crippen MR) is 236 cm³/mol. The summed E-state index contributed by atoms with van der Waals surface area (Å²) in [5, 5.41) is 39.5. The van der Waals surface area contributed by atoms with Crippen molar-refractivity contribution in [2.45, 2.75) is 97.6 Å². The number of nitro groups is 1. The van der Waals surface area contributed by atoms with Gasteiger partial charge in [0.2, 0.25) is 11.8 Å². The lowest BCUT2D eigenvalue weighted by atomic mass is 9.84. The number of nitro benzene ring substituents is 1. The van der Waals surface area contributed by atoms with Crippen LogP contribution in [0.3, 0.4) is 0 Å². The summed E-state index contributed by atoms with van der Waals surface area (Å²) in [4.78, 5) is 74.1. The number of aliphatic hydroxyl groups excluding tert-OH is 1. The maximum absolute atomic E-state index is 14.6. The highest BCUT2D eigenvalue weighted by molar-refractivity contribution is 5.89. The fraction of sp³-hybridized carbons (Fsp3) is 0.426. The van der Waals surface area contributed by atoms with Gasteiger partial charge in [0.05, 0.1) is 22.8 Å². The largest absolute Gasteiger partial charge is 0.465 e. The third-order valence-corrected chi connectivity index (χ3v) is 11.1. The SMILES string of the molecule is CN(C(=O)O)[C@H](C(=O)N[C@@H](Cc1ccc(-c2ccccn2)cc1)C[C@H](O)[C@H](Cc1ccccc1)NC(=O)[C@@H](N1CCN(Cc2ccc([N+](=O)[O-])cc2)C1=O)C(C)(C)C)C(C)(C)C. The van der Waals surface area contributed by atoms with Crippen LogP contribution < -0.4 is 10.6 Å². The van der Waals surface area contributed by atoms with E-state index in [1.54, 1.807) is 44.0 Å². The fourth-order valence-electron chi connectivity index (χ4n) is 8.17. The molecule has 5 amide bonds. The summed E-state index contributed by atoms with van der Waals surface area (Å²) in [6.45, 7) is 11.8. The molecule has 0 saturated carbocycles. The van der Waals surface area contributed by atoms with Crippen LogP contribution in [-0.4, -0.2) is 109 Å². The number of hydrogen-bond acceptors (Lipinski definition) is 8. The summed E-state index contributed by atoms with van der Waals surface area (Å²) in [5.41, 5.74) is 2.54. The number of rotatable bonds is 17. The first-order valence-corrected chi connectivity index (χ1v) is 20.8. The van der Waals surface area contributed by atoms with E-state index in [0.717, 1.165) is 27.3 Å². The van der Waals surface area contributed by atoms with Crippen molar-refractivity contribution < 1.29 is 34.3 Å². The van der Waals surface area contributed by atoms with Crippen molar-refractivity contribution in [3.63, 3.8) is 0 Å². The molecule has 2 heterocycles. The highest BCUT2D eigenvalue weighted by atomic mass is 16.6. The van der Waals surface area contributed by atoms with E-state index in [1.165, 1.54) is 24.1 Å². The van der Waals surface area contributed by atoms with Gasteiger partial charge in [-0.25, -0.2) is 9.59 Å². The molecule has 330 valence electrons. The molecule has 1 aromatic heterocycles. The molecular weight excluding hydrogens is 791 g/mol. The van der Waals surface area contributed by atoms with Gasteiger partial charge in [0, 0.05) is 56.6 Å². The van der Waals surface area contributed by atoms with Crippen molar-refractivity contribution in [3.05, 3.63) is 130 Å². The number of carbonyl (C=O) groups is 4. The number of likely N-dealkylation sites (N-methyl/N-ethyl adjacent to an activating group) is 1. The first kappa shape index (κ1) is 46.7. The van der Waals surface area contributed by atoms with Gasteiger partial charge in [0.25, 0.3) is 5.69 Å². The Morgan fingerprint density at radius 3 is 1.98 bits per heavy atom. The van der Waals surface area contributed by atoms with E-state index in [0.29, 0.717) is 12.1 Å². The number of aromatic nitrogens is 1. The standard InChI is InChI=1S/C47H59N7O8/c1-46(2,3)40(51(7)45(59)60)42(56)49-35(27-32-16-20-34(21-17-32)37-15-11-12-24-48-37)29-39(55)38(28-31-13-9-8-10-14-31)50-43(57)41(47(4,5)6)53-26-25-52(44(53)58)30-33-18-22-36(23-19-33)54(61)62/h8-24,35,38-41,55H,25-30H2,1-7H3,(H,49,56)(H,50,57)(H,59,60)/t35-,38-,39-,40+,41+/m0/s1. The summed E-state index contributed by atoms with van der Waals surface area (Å²) in [7, 11) is 1.36. The number of hydrogen-bond donors (Lipinski definition) is 4. The van der Waals surface area contributed by atoms with Gasteiger partial charge in [0.1, 0.15) is 12.1 Å². The molecule has 3 aromatic carbocycles. The van der Waals surface area contributed by atoms with Gasteiger partial charge >= 0.3 is 12.1 Å². The van der Waals surface area contributed by atoms with Crippen LogP contribution in [0.25, 0.3) is 11.3 Å².